The zero-order chi connectivity index (χ0) is 22.1. The van der Waals surface area contributed by atoms with Crippen LogP contribution in [0, 0.1) is 17.8 Å². The van der Waals surface area contributed by atoms with Gasteiger partial charge in [0.2, 0.25) is 0 Å². The van der Waals surface area contributed by atoms with Gasteiger partial charge in [0.05, 0.1) is 12.6 Å². The van der Waals surface area contributed by atoms with Crippen molar-refractivity contribution in [3.05, 3.63) is 53.0 Å². The molecular formula is C26H32BrClN2O2. The van der Waals surface area contributed by atoms with Crippen LogP contribution in [0.4, 0.5) is 0 Å². The van der Waals surface area contributed by atoms with Crippen LogP contribution in [0.3, 0.4) is 0 Å². The number of carbonyl (C=O) groups excluding carboxylic acids is 1. The zero-order valence-electron chi connectivity index (χ0n) is 19.2. The van der Waals surface area contributed by atoms with Crippen molar-refractivity contribution in [2.45, 2.75) is 52.7 Å². The van der Waals surface area contributed by atoms with E-state index in [-0.39, 0.29) is 31.0 Å². The number of carbonyl (C=O) groups is 1. The van der Waals surface area contributed by atoms with Gasteiger partial charge in [-0.25, -0.2) is 13.9 Å². The molecule has 1 saturated carbocycles. The molecule has 4 rings (SSSR count). The van der Waals surface area contributed by atoms with Crippen molar-refractivity contribution >= 4 is 32.9 Å². The monoisotopic (exact) mass is 518 g/mol. The first-order chi connectivity index (χ1) is 14.8. The largest absolute Gasteiger partial charge is 1.00 e. The van der Waals surface area contributed by atoms with Gasteiger partial charge in [0.15, 0.2) is 17.6 Å². The van der Waals surface area contributed by atoms with E-state index in [0.29, 0.717) is 17.8 Å². The second-order valence-electron chi connectivity index (χ2n) is 9.32. The third kappa shape index (κ3) is 5.04. The molecule has 0 aliphatic heterocycles. The number of aryl methyl sites for hydroxylation is 1. The molecule has 3 unspecified atom stereocenters. The molecule has 3 aromatic rings. The number of hydrogen-bond donors (Lipinski definition) is 0. The van der Waals surface area contributed by atoms with Gasteiger partial charge >= 0.3 is 5.97 Å². The van der Waals surface area contributed by atoms with Crippen LogP contribution in [-0.4, -0.2) is 16.6 Å². The van der Waals surface area contributed by atoms with Gasteiger partial charge in [-0.05, 0) is 67.0 Å². The summed E-state index contributed by atoms with van der Waals surface area (Å²) >= 11 is 3.52. The van der Waals surface area contributed by atoms with E-state index in [4.69, 9.17) is 4.74 Å². The minimum atomic E-state index is -0.149. The van der Waals surface area contributed by atoms with Crippen LogP contribution in [0.25, 0.3) is 22.4 Å². The molecule has 4 nitrogen and oxygen atoms in total. The van der Waals surface area contributed by atoms with Crippen LogP contribution in [0.1, 0.15) is 40.0 Å². The Morgan fingerprint density at radius 1 is 1.16 bits per heavy atom. The van der Waals surface area contributed by atoms with E-state index in [1.54, 1.807) is 0 Å². The highest BCUT2D eigenvalue weighted by Crippen LogP contribution is 2.35. The van der Waals surface area contributed by atoms with E-state index in [1.165, 1.54) is 6.42 Å². The lowest BCUT2D eigenvalue weighted by molar-refractivity contribution is -0.634. The predicted octanol–water partition coefficient (Wildman–Crippen LogP) is 2.90. The first-order valence-electron chi connectivity index (χ1n) is 11.3. The van der Waals surface area contributed by atoms with Gasteiger partial charge < -0.3 is 17.1 Å². The average Bonchev–Trinajstić information content (AvgIpc) is 3.00. The van der Waals surface area contributed by atoms with Crippen molar-refractivity contribution in [1.29, 1.82) is 0 Å². The topological polar surface area (TPSA) is 35.1 Å². The van der Waals surface area contributed by atoms with Gasteiger partial charge in [-0.3, -0.25) is 0 Å². The Kier molecular flexibility index (Phi) is 8.05. The minimum absolute atomic E-state index is 0. The summed E-state index contributed by atoms with van der Waals surface area (Å²) in [5, 5.41) is 0. The Hall–Kier alpha value is -1.85. The second-order valence-corrected chi connectivity index (χ2v) is 10.2. The first-order valence-corrected chi connectivity index (χ1v) is 12.1. The van der Waals surface area contributed by atoms with Crippen LogP contribution in [0.2, 0.25) is 0 Å². The smallest absolute Gasteiger partial charge is 0.348 e. The summed E-state index contributed by atoms with van der Waals surface area (Å²) in [6, 6.07) is 16.5. The lowest BCUT2D eigenvalue weighted by atomic mass is 9.75. The van der Waals surface area contributed by atoms with Crippen LogP contribution >= 0.6 is 15.9 Å². The van der Waals surface area contributed by atoms with Gasteiger partial charge in [-0.2, -0.15) is 0 Å². The van der Waals surface area contributed by atoms with E-state index in [1.807, 2.05) is 24.3 Å². The fourth-order valence-corrected chi connectivity index (χ4v) is 5.34. The van der Waals surface area contributed by atoms with E-state index < -0.39 is 0 Å². The maximum absolute atomic E-state index is 13.2. The summed E-state index contributed by atoms with van der Waals surface area (Å²) in [5.74, 6) is 2.43. The highest BCUT2D eigenvalue weighted by Gasteiger charge is 2.34. The van der Waals surface area contributed by atoms with Crippen molar-refractivity contribution in [1.82, 2.24) is 4.57 Å². The number of rotatable bonds is 5. The van der Waals surface area contributed by atoms with Crippen molar-refractivity contribution in [3.63, 3.8) is 0 Å². The number of nitrogens with zero attached hydrogens (tertiary/aromatic N) is 2. The molecule has 6 heteroatoms. The van der Waals surface area contributed by atoms with Crippen LogP contribution < -0.4 is 17.0 Å². The molecule has 1 fully saturated rings. The highest BCUT2D eigenvalue weighted by molar-refractivity contribution is 9.10. The molecular weight excluding hydrogens is 488 g/mol. The fraction of sp³-hybridized carbons (Fsp3) is 0.462. The van der Waals surface area contributed by atoms with E-state index >= 15 is 0 Å². The van der Waals surface area contributed by atoms with Crippen LogP contribution in [0.5, 0.6) is 0 Å². The SMILES string of the molecule is CC1CCC(C(C)C)C(OC(=O)Cn2c(-c3ccc(Br)cc3)[n+](C)c3ccccc32)C1.[Cl-]. The number of esters is 1. The minimum Gasteiger partial charge on any atom is -1.00 e. The van der Waals surface area contributed by atoms with Crippen LogP contribution in [-0.2, 0) is 23.1 Å². The molecule has 1 aromatic heterocycles. The van der Waals surface area contributed by atoms with Gasteiger partial charge in [0.25, 0.3) is 5.82 Å². The molecule has 0 bridgehead atoms. The predicted molar refractivity (Wildman–Crippen MR) is 127 cm³/mol. The number of fused-ring (bicyclic) bond motifs is 1. The van der Waals surface area contributed by atoms with E-state index in [0.717, 1.165) is 39.7 Å². The lowest BCUT2D eigenvalue weighted by Gasteiger charge is -2.36. The molecule has 0 saturated heterocycles. The molecule has 1 aliphatic carbocycles. The number of aromatic nitrogens is 2. The Morgan fingerprint density at radius 2 is 1.84 bits per heavy atom. The Bertz CT molecular complexity index is 1080. The Morgan fingerprint density at radius 3 is 2.53 bits per heavy atom. The highest BCUT2D eigenvalue weighted by atomic mass is 79.9. The van der Waals surface area contributed by atoms with Crippen molar-refractivity contribution in [2.24, 2.45) is 24.8 Å². The number of benzene rings is 2. The summed E-state index contributed by atoms with van der Waals surface area (Å²) in [5.41, 5.74) is 3.21. The Labute approximate surface area is 205 Å². The van der Waals surface area contributed by atoms with Gasteiger partial charge in [0.1, 0.15) is 6.10 Å². The van der Waals surface area contributed by atoms with Crippen molar-refractivity contribution in [2.75, 3.05) is 0 Å². The third-order valence-corrected chi connectivity index (χ3v) is 7.27. The molecule has 32 heavy (non-hydrogen) atoms. The number of halogens is 2. The molecule has 172 valence electrons. The first kappa shape index (κ1) is 24.8. The molecule has 1 aliphatic rings. The number of para-hydroxylation sites is 2. The van der Waals surface area contributed by atoms with Crippen molar-refractivity contribution in [3.8, 4) is 11.4 Å². The molecule has 2 aromatic carbocycles. The Balaban J connectivity index is 0.00000289. The molecule has 1 heterocycles. The molecule has 0 amide bonds. The van der Waals surface area contributed by atoms with Crippen LogP contribution in [0.15, 0.2) is 53.0 Å². The molecule has 3 atom stereocenters. The van der Waals surface area contributed by atoms with Gasteiger partial charge in [-0.15, -0.1) is 0 Å². The standard InChI is InChI=1S/C26H32BrN2O2.ClH/c1-17(2)21-14-9-18(3)15-24(21)31-25(30)16-29-23-8-6-5-7-22(23)28(4)26(29)19-10-12-20(27)13-11-19;/h5-8,10-13,17-18,21,24H,9,14-16H2,1-4H3;1H/q+1;/p-1. The average molecular weight is 520 g/mol. The summed E-state index contributed by atoms with van der Waals surface area (Å²) in [6.07, 6.45) is 3.35. The summed E-state index contributed by atoms with van der Waals surface area (Å²) in [7, 11) is 2.05. The summed E-state index contributed by atoms with van der Waals surface area (Å²) < 4.78 is 11.4. The summed E-state index contributed by atoms with van der Waals surface area (Å²) in [4.78, 5) is 13.2. The zero-order valence-corrected chi connectivity index (χ0v) is 21.6. The van der Waals surface area contributed by atoms with Gasteiger partial charge in [0, 0.05) is 4.47 Å². The lowest BCUT2D eigenvalue weighted by Crippen LogP contribution is -3.00. The molecule has 0 radical (unpaired) electrons. The normalized spacial score (nSPS) is 20.9. The van der Waals surface area contributed by atoms with E-state index in [2.05, 4.69) is 77.1 Å². The van der Waals surface area contributed by atoms with E-state index in [9.17, 15) is 4.79 Å². The second kappa shape index (κ2) is 10.4. The third-order valence-electron chi connectivity index (χ3n) is 6.74. The number of ether oxygens (including phenoxy) is 1. The number of imidazole rings is 1. The fourth-order valence-electron chi connectivity index (χ4n) is 5.08. The maximum Gasteiger partial charge on any atom is 0.348 e. The summed E-state index contributed by atoms with van der Waals surface area (Å²) in [6.45, 7) is 6.96. The van der Waals surface area contributed by atoms with Gasteiger partial charge in [-0.1, -0.05) is 55.3 Å². The van der Waals surface area contributed by atoms with Crippen molar-refractivity contribution < 1.29 is 26.5 Å². The maximum atomic E-state index is 13.2. The quantitative estimate of drug-likeness (QED) is 0.384. The molecule has 0 spiro atoms. The number of hydrogen-bond acceptors (Lipinski definition) is 2. The molecule has 0 N–H and O–H groups in total.